The number of benzene rings is 3. The Kier molecular flexibility index (Phi) is 7.17. The molecule has 0 aliphatic heterocycles. The summed E-state index contributed by atoms with van der Waals surface area (Å²) in [5.74, 6) is 0.638. The molecule has 2 atom stereocenters. The first-order chi connectivity index (χ1) is 14.9. The molecule has 8 heteroatoms. The highest BCUT2D eigenvalue weighted by Crippen LogP contribution is 2.32. The van der Waals surface area contributed by atoms with Crippen molar-refractivity contribution in [2.75, 3.05) is 7.11 Å². The molecule has 7 nitrogen and oxygen atoms in total. The fourth-order valence-electron chi connectivity index (χ4n) is 3.01. The summed E-state index contributed by atoms with van der Waals surface area (Å²) in [7, 11) is 1.57. The molecule has 0 heterocycles. The van der Waals surface area contributed by atoms with Gasteiger partial charge in [-0.25, -0.2) is 4.39 Å². The minimum Gasteiger partial charge on any atom is -0.497 e. The third-order valence-electron chi connectivity index (χ3n) is 4.82. The van der Waals surface area contributed by atoms with E-state index in [1.807, 2.05) is 6.92 Å². The number of nitro benzene ring substituents is 1. The molecule has 0 aliphatic carbocycles. The van der Waals surface area contributed by atoms with Crippen LogP contribution in [-0.2, 0) is 6.54 Å². The van der Waals surface area contributed by atoms with Crippen molar-refractivity contribution in [1.82, 2.24) is 5.32 Å². The van der Waals surface area contributed by atoms with Gasteiger partial charge in [0.1, 0.15) is 17.3 Å². The Hall–Kier alpha value is -3.49. The van der Waals surface area contributed by atoms with Crippen LogP contribution >= 0.6 is 0 Å². The zero-order chi connectivity index (χ0) is 22.4. The Morgan fingerprint density at radius 1 is 1.06 bits per heavy atom. The van der Waals surface area contributed by atoms with Crippen molar-refractivity contribution < 1.29 is 23.9 Å². The molecule has 3 rings (SSSR count). The molecule has 0 radical (unpaired) electrons. The summed E-state index contributed by atoms with van der Waals surface area (Å²) in [6.07, 6.45) is -0.762. The highest BCUT2D eigenvalue weighted by molar-refractivity contribution is 5.50. The number of nitro groups is 1. The minimum absolute atomic E-state index is 0.0617. The normalized spacial score (nSPS) is 12.8. The van der Waals surface area contributed by atoms with E-state index in [2.05, 4.69) is 5.32 Å². The van der Waals surface area contributed by atoms with Crippen LogP contribution in [-0.4, -0.2) is 23.2 Å². The molecule has 0 aromatic heterocycles. The number of aliphatic hydroxyl groups is 1. The molecule has 3 aromatic carbocycles. The van der Waals surface area contributed by atoms with Gasteiger partial charge in [0, 0.05) is 18.7 Å². The molecule has 0 aliphatic rings. The highest BCUT2D eigenvalue weighted by Gasteiger charge is 2.19. The molecule has 162 valence electrons. The number of hydrogen-bond donors (Lipinski definition) is 2. The van der Waals surface area contributed by atoms with Gasteiger partial charge in [0.2, 0.25) is 5.75 Å². The molecule has 2 N–H and O–H groups in total. The van der Waals surface area contributed by atoms with Crippen molar-refractivity contribution in [2.45, 2.75) is 25.6 Å². The van der Waals surface area contributed by atoms with E-state index >= 15 is 0 Å². The molecular formula is C23H23FN2O5. The van der Waals surface area contributed by atoms with Crippen molar-refractivity contribution >= 4 is 5.69 Å². The van der Waals surface area contributed by atoms with Crippen molar-refractivity contribution in [1.29, 1.82) is 0 Å². The fraction of sp³-hybridized carbons (Fsp3) is 0.217. The van der Waals surface area contributed by atoms with E-state index in [1.54, 1.807) is 37.4 Å². The van der Waals surface area contributed by atoms with E-state index in [-0.39, 0.29) is 17.5 Å². The van der Waals surface area contributed by atoms with Crippen molar-refractivity contribution in [3.8, 4) is 17.2 Å². The summed E-state index contributed by atoms with van der Waals surface area (Å²) >= 11 is 0. The third-order valence-corrected chi connectivity index (χ3v) is 4.82. The lowest BCUT2D eigenvalue weighted by atomic mass is 10.0. The van der Waals surface area contributed by atoms with Crippen LogP contribution in [0.4, 0.5) is 10.1 Å². The fourth-order valence-corrected chi connectivity index (χ4v) is 3.01. The van der Waals surface area contributed by atoms with Crippen LogP contribution in [0.15, 0.2) is 66.7 Å². The lowest BCUT2D eigenvalue weighted by Gasteiger charge is -2.21. The zero-order valence-corrected chi connectivity index (χ0v) is 17.1. The number of aliphatic hydroxyl groups excluding tert-OH is 1. The summed E-state index contributed by atoms with van der Waals surface area (Å²) in [5, 5.41) is 25.2. The predicted molar refractivity (Wildman–Crippen MR) is 114 cm³/mol. The second-order valence-electron chi connectivity index (χ2n) is 7.00. The van der Waals surface area contributed by atoms with Gasteiger partial charge < -0.3 is 19.9 Å². The lowest BCUT2D eigenvalue weighted by Crippen LogP contribution is -2.31. The Balaban J connectivity index is 1.67. The number of methoxy groups -OCH3 is 1. The highest BCUT2D eigenvalue weighted by atomic mass is 19.1. The number of halogens is 1. The number of hydrogen-bond acceptors (Lipinski definition) is 6. The van der Waals surface area contributed by atoms with Crippen LogP contribution in [0.25, 0.3) is 0 Å². The zero-order valence-electron chi connectivity index (χ0n) is 17.1. The van der Waals surface area contributed by atoms with E-state index in [9.17, 15) is 19.6 Å². The summed E-state index contributed by atoms with van der Waals surface area (Å²) in [6, 6.07) is 16.7. The maximum absolute atomic E-state index is 13.0. The van der Waals surface area contributed by atoms with E-state index in [0.29, 0.717) is 23.6 Å². The Labute approximate surface area is 179 Å². The average molecular weight is 426 g/mol. The molecular weight excluding hydrogens is 403 g/mol. The molecule has 0 unspecified atom stereocenters. The van der Waals surface area contributed by atoms with Crippen LogP contribution < -0.4 is 14.8 Å². The summed E-state index contributed by atoms with van der Waals surface area (Å²) in [4.78, 5) is 11.0. The molecule has 0 fully saturated rings. The van der Waals surface area contributed by atoms with Crippen LogP contribution in [0.2, 0.25) is 0 Å². The molecule has 0 spiro atoms. The van der Waals surface area contributed by atoms with E-state index < -0.39 is 16.8 Å². The number of nitrogens with one attached hydrogen (secondary N) is 1. The predicted octanol–water partition coefficient (Wildman–Crippen LogP) is 4.75. The van der Waals surface area contributed by atoms with Gasteiger partial charge in [-0.2, -0.15) is 0 Å². The number of nitrogens with zero attached hydrogens (tertiary/aromatic N) is 1. The molecule has 3 aromatic rings. The maximum Gasteiger partial charge on any atom is 0.311 e. The quantitative estimate of drug-likeness (QED) is 0.379. The van der Waals surface area contributed by atoms with E-state index in [4.69, 9.17) is 9.47 Å². The molecule has 0 amide bonds. The SMILES string of the molecule is COc1ccc([C@@H](O)[C@H](C)NCc2ccc(Oc3ccc(F)cc3)c([N+](=O)[O-])c2)cc1. The van der Waals surface area contributed by atoms with Gasteiger partial charge in [0.25, 0.3) is 0 Å². The van der Waals surface area contributed by atoms with Gasteiger partial charge in [-0.1, -0.05) is 18.2 Å². The largest absolute Gasteiger partial charge is 0.497 e. The summed E-state index contributed by atoms with van der Waals surface area (Å²) in [6.45, 7) is 2.14. The minimum atomic E-state index is -0.762. The third kappa shape index (κ3) is 5.78. The van der Waals surface area contributed by atoms with E-state index in [1.165, 1.54) is 36.4 Å². The first kappa shape index (κ1) is 22.2. The topological polar surface area (TPSA) is 93.9 Å². The Morgan fingerprint density at radius 3 is 2.32 bits per heavy atom. The van der Waals surface area contributed by atoms with Gasteiger partial charge in [0.05, 0.1) is 18.1 Å². The van der Waals surface area contributed by atoms with Gasteiger partial charge >= 0.3 is 5.69 Å². The first-order valence-electron chi connectivity index (χ1n) is 9.63. The van der Waals surface area contributed by atoms with Crippen LogP contribution in [0.3, 0.4) is 0 Å². The summed E-state index contributed by atoms with van der Waals surface area (Å²) < 4.78 is 23.7. The first-order valence-corrected chi connectivity index (χ1v) is 9.63. The second-order valence-corrected chi connectivity index (χ2v) is 7.00. The Bertz CT molecular complexity index is 1030. The van der Waals surface area contributed by atoms with Crippen LogP contribution in [0.1, 0.15) is 24.2 Å². The molecule has 0 saturated carbocycles. The number of ether oxygens (including phenoxy) is 2. The smallest absolute Gasteiger partial charge is 0.311 e. The van der Waals surface area contributed by atoms with Gasteiger partial charge in [0.15, 0.2) is 0 Å². The Morgan fingerprint density at radius 2 is 1.71 bits per heavy atom. The van der Waals surface area contributed by atoms with Crippen molar-refractivity contribution in [2.24, 2.45) is 0 Å². The molecule has 0 saturated heterocycles. The van der Waals surface area contributed by atoms with Crippen LogP contribution in [0, 0.1) is 15.9 Å². The van der Waals surface area contributed by atoms with E-state index in [0.717, 1.165) is 5.56 Å². The number of rotatable bonds is 9. The van der Waals surface area contributed by atoms with Gasteiger partial charge in [-0.15, -0.1) is 0 Å². The van der Waals surface area contributed by atoms with Crippen molar-refractivity contribution in [3.05, 3.63) is 93.8 Å². The van der Waals surface area contributed by atoms with Crippen LogP contribution in [0.5, 0.6) is 17.2 Å². The lowest BCUT2D eigenvalue weighted by molar-refractivity contribution is -0.385. The molecule has 31 heavy (non-hydrogen) atoms. The summed E-state index contributed by atoms with van der Waals surface area (Å²) in [5.41, 5.74) is 1.19. The monoisotopic (exact) mass is 426 g/mol. The van der Waals surface area contributed by atoms with Gasteiger partial charge in [-0.05, 0) is 60.5 Å². The maximum atomic E-state index is 13.0. The standard InChI is InChI=1S/C23H23FN2O5/c1-15(23(27)17-4-8-19(30-2)9-5-17)25-14-16-3-12-22(21(13-16)26(28)29)31-20-10-6-18(24)7-11-20/h3-13,15,23,25,27H,14H2,1-2H3/t15-,23-/m0/s1. The van der Waals surface area contributed by atoms with Gasteiger partial charge in [-0.3, -0.25) is 10.1 Å². The average Bonchev–Trinajstić information content (AvgIpc) is 2.79. The second kappa shape index (κ2) is 10.0. The van der Waals surface area contributed by atoms with Crippen molar-refractivity contribution in [3.63, 3.8) is 0 Å². The molecule has 0 bridgehead atoms.